The van der Waals surface area contributed by atoms with Gasteiger partial charge in [0.25, 0.3) is 0 Å². The summed E-state index contributed by atoms with van der Waals surface area (Å²) in [6.45, 7) is 6.58. The normalized spacial score (nSPS) is 11.8. The fraction of sp³-hybridized carbons (Fsp3) is 0.273. The zero-order valence-corrected chi connectivity index (χ0v) is 18.1. The van der Waals surface area contributed by atoms with Crippen molar-refractivity contribution in [3.63, 3.8) is 0 Å². The summed E-state index contributed by atoms with van der Waals surface area (Å²) in [5, 5.41) is 13.4. The van der Waals surface area contributed by atoms with Crippen molar-refractivity contribution in [1.29, 1.82) is 0 Å². The number of halogens is 1. The molecule has 0 aliphatic rings. The van der Waals surface area contributed by atoms with Gasteiger partial charge in [0.15, 0.2) is 11.0 Å². The number of thioether (sulfide) groups is 1. The quantitative estimate of drug-likeness (QED) is 0.408. The van der Waals surface area contributed by atoms with Gasteiger partial charge in [-0.25, -0.2) is 4.39 Å². The minimum absolute atomic E-state index is 0.107. The van der Waals surface area contributed by atoms with Gasteiger partial charge in [-0.05, 0) is 35.2 Å². The smallest absolute Gasteiger partial charge is 0.237 e. The molecule has 154 valence electrons. The maximum Gasteiger partial charge on any atom is 0.237 e. The van der Waals surface area contributed by atoms with Gasteiger partial charge in [0.2, 0.25) is 11.7 Å². The van der Waals surface area contributed by atoms with E-state index in [4.69, 9.17) is 4.52 Å². The molecule has 2 aromatic carbocycles. The minimum atomic E-state index is -0.302. The summed E-state index contributed by atoms with van der Waals surface area (Å²) in [5.41, 5.74) is 3.10. The Labute approximate surface area is 178 Å². The first kappa shape index (κ1) is 20.3. The summed E-state index contributed by atoms with van der Waals surface area (Å²) >= 11 is 1.47. The highest BCUT2D eigenvalue weighted by Crippen LogP contribution is 2.28. The van der Waals surface area contributed by atoms with E-state index in [1.54, 1.807) is 12.1 Å². The predicted molar refractivity (Wildman–Crippen MR) is 114 cm³/mol. The molecule has 2 aromatic heterocycles. The van der Waals surface area contributed by atoms with E-state index >= 15 is 0 Å². The molecule has 4 aromatic rings. The maximum absolute atomic E-state index is 13.1. The van der Waals surface area contributed by atoms with Gasteiger partial charge in [-0.15, -0.1) is 10.2 Å². The number of hydrogen-bond donors (Lipinski definition) is 0. The van der Waals surface area contributed by atoms with Crippen molar-refractivity contribution < 1.29 is 8.91 Å². The Hall–Kier alpha value is -3.00. The van der Waals surface area contributed by atoms with Gasteiger partial charge in [-0.1, -0.05) is 62.0 Å². The topological polar surface area (TPSA) is 69.6 Å². The minimum Gasteiger partial charge on any atom is -0.338 e. The largest absolute Gasteiger partial charge is 0.338 e. The molecule has 0 saturated heterocycles. The van der Waals surface area contributed by atoms with E-state index in [1.165, 1.54) is 29.5 Å². The summed E-state index contributed by atoms with van der Waals surface area (Å²) in [4.78, 5) is 4.37. The van der Waals surface area contributed by atoms with Crippen LogP contribution in [0.2, 0.25) is 0 Å². The van der Waals surface area contributed by atoms with Crippen molar-refractivity contribution in [3.8, 4) is 22.8 Å². The molecule has 0 amide bonds. The number of aromatic nitrogens is 5. The van der Waals surface area contributed by atoms with Crippen LogP contribution < -0.4 is 0 Å². The third-order valence-electron chi connectivity index (χ3n) is 4.74. The van der Waals surface area contributed by atoms with Crippen LogP contribution in [-0.2, 0) is 18.2 Å². The van der Waals surface area contributed by atoms with Crippen molar-refractivity contribution in [2.45, 2.75) is 37.1 Å². The first-order valence-corrected chi connectivity index (χ1v) is 10.5. The van der Waals surface area contributed by atoms with Crippen LogP contribution in [-0.4, -0.2) is 24.9 Å². The maximum atomic E-state index is 13.1. The molecule has 0 fully saturated rings. The van der Waals surface area contributed by atoms with Gasteiger partial charge in [-0.2, -0.15) is 4.98 Å². The van der Waals surface area contributed by atoms with Gasteiger partial charge in [0, 0.05) is 18.2 Å². The Morgan fingerprint density at radius 1 is 0.967 bits per heavy atom. The zero-order valence-electron chi connectivity index (χ0n) is 17.3. The number of benzene rings is 2. The van der Waals surface area contributed by atoms with Crippen molar-refractivity contribution >= 4 is 11.8 Å². The Morgan fingerprint density at radius 2 is 1.63 bits per heavy atom. The average Bonchev–Trinajstić information content (AvgIpc) is 3.33. The highest BCUT2D eigenvalue weighted by atomic mass is 32.2. The molecule has 6 nitrogen and oxygen atoms in total. The second-order valence-corrected chi connectivity index (χ2v) is 8.94. The van der Waals surface area contributed by atoms with E-state index in [0.29, 0.717) is 23.0 Å². The predicted octanol–water partition coefficient (Wildman–Crippen LogP) is 5.26. The third kappa shape index (κ3) is 4.28. The van der Waals surface area contributed by atoms with Crippen LogP contribution in [0.15, 0.2) is 58.2 Å². The molecule has 0 bridgehead atoms. The van der Waals surface area contributed by atoms with E-state index in [0.717, 1.165) is 16.5 Å². The van der Waals surface area contributed by atoms with Crippen molar-refractivity contribution in [2.24, 2.45) is 7.05 Å². The lowest BCUT2D eigenvalue weighted by Crippen LogP contribution is -2.10. The van der Waals surface area contributed by atoms with E-state index in [1.807, 2.05) is 11.6 Å². The summed E-state index contributed by atoms with van der Waals surface area (Å²) in [7, 11) is 1.94. The van der Waals surface area contributed by atoms with E-state index in [9.17, 15) is 4.39 Å². The molecule has 30 heavy (non-hydrogen) atoms. The van der Waals surface area contributed by atoms with Crippen LogP contribution >= 0.6 is 11.8 Å². The lowest BCUT2D eigenvalue weighted by atomic mass is 9.87. The van der Waals surface area contributed by atoms with Crippen LogP contribution in [0.25, 0.3) is 22.8 Å². The summed E-state index contributed by atoms with van der Waals surface area (Å²) < 4.78 is 20.3. The number of nitrogens with zero attached hydrogens (tertiary/aromatic N) is 5. The third-order valence-corrected chi connectivity index (χ3v) is 5.74. The Bertz CT molecular complexity index is 1140. The SMILES string of the molecule is Cn1c(SCc2nc(-c3ccc(F)cc3)no2)nnc1-c1ccc(C(C)(C)C)cc1. The highest BCUT2D eigenvalue weighted by molar-refractivity contribution is 7.98. The fourth-order valence-electron chi connectivity index (χ4n) is 2.97. The van der Waals surface area contributed by atoms with Crippen LogP contribution in [0, 0.1) is 5.82 Å². The molecule has 2 heterocycles. The summed E-state index contributed by atoms with van der Waals surface area (Å²) in [6.07, 6.45) is 0. The second-order valence-electron chi connectivity index (χ2n) is 8.00. The molecule has 0 saturated carbocycles. The molecule has 0 unspecified atom stereocenters. The van der Waals surface area contributed by atoms with Crippen LogP contribution in [0.3, 0.4) is 0 Å². The molecule has 0 spiro atoms. The van der Waals surface area contributed by atoms with E-state index in [-0.39, 0.29) is 11.2 Å². The van der Waals surface area contributed by atoms with Gasteiger partial charge >= 0.3 is 0 Å². The molecule has 0 atom stereocenters. The van der Waals surface area contributed by atoms with Crippen molar-refractivity contribution in [2.75, 3.05) is 0 Å². The second kappa shape index (κ2) is 8.02. The molecule has 8 heteroatoms. The summed E-state index contributed by atoms with van der Waals surface area (Å²) in [6, 6.07) is 14.4. The molecular weight excluding hydrogens is 401 g/mol. The van der Waals surface area contributed by atoms with Gasteiger partial charge in [0.1, 0.15) is 5.82 Å². The zero-order chi connectivity index (χ0) is 21.3. The van der Waals surface area contributed by atoms with Crippen LogP contribution in [0.1, 0.15) is 32.2 Å². The number of hydrogen-bond acceptors (Lipinski definition) is 6. The Kier molecular flexibility index (Phi) is 5.42. The first-order chi connectivity index (χ1) is 14.3. The Morgan fingerprint density at radius 3 is 2.30 bits per heavy atom. The summed E-state index contributed by atoms with van der Waals surface area (Å²) in [5.74, 6) is 1.87. The Balaban J connectivity index is 1.45. The van der Waals surface area contributed by atoms with Crippen LogP contribution in [0.5, 0.6) is 0 Å². The lowest BCUT2D eigenvalue weighted by Gasteiger charge is -2.19. The van der Waals surface area contributed by atoms with Gasteiger partial charge in [0.05, 0.1) is 5.75 Å². The highest BCUT2D eigenvalue weighted by Gasteiger charge is 2.16. The molecule has 0 N–H and O–H groups in total. The molecule has 4 rings (SSSR count). The molecular formula is C22H22FN5OS. The average molecular weight is 424 g/mol. The standard InChI is InChI=1S/C22H22FN5OS/c1-22(2,3)16-9-5-15(6-10-16)20-25-26-21(28(20)4)30-13-18-24-19(27-29-18)14-7-11-17(23)12-8-14/h5-12H,13H2,1-4H3. The van der Waals surface area contributed by atoms with Crippen molar-refractivity contribution in [1.82, 2.24) is 24.9 Å². The molecule has 0 aliphatic carbocycles. The van der Waals surface area contributed by atoms with Crippen LogP contribution in [0.4, 0.5) is 4.39 Å². The molecule has 0 aliphatic heterocycles. The number of rotatable bonds is 5. The first-order valence-electron chi connectivity index (χ1n) is 9.53. The monoisotopic (exact) mass is 423 g/mol. The van der Waals surface area contributed by atoms with E-state index in [2.05, 4.69) is 65.4 Å². The van der Waals surface area contributed by atoms with Gasteiger partial charge in [-0.3, -0.25) is 0 Å². The van der Waals surface area contributed by atoms with E-state index < -0.39 is 0 Å². The molecule has 0 radical (unpaired) electrons. The fourth-order valence-corrected chi connectivity index (χ4v) is 3.72. The van der Waals surface area contributed by atoms with Crippen molar-refractivity contribution in [3.05, 3.63) is 65.8 Å². The lowest BCUT2D eigenvalue weighted by molar-refractivity contribution is 0.391. The van der Waals surface area contributed by atoms with Gasteiger partial charge < -0.3 is 9.09 Å².